The Balaban J connectivity index is 2.48. The lowest BCUT2D eigenvalue weighted by Gasteiger charge is -2.28. The number of hydrogen-bond donors (Lipinski definition) is 0. The van der Waals surface area contributed by atoms with Gasteiger partial charge in [-0.05, 0) is 30.6 Å². The van der Waals surface area contributed by atoms with Gasteiger partial charge in [0.2, 0.25) is 0 Å². The van der Waals surface area contributed by atoms with Gasteiger partial charge in [0.05, 0.1) is 0 Å². The van der Waals surface area contributed by atoms with Gasteiger partial charge in [-0.1, -0.05) is 34.1 Å². The van der Waals surface area contributed by atoms with Crippen molar-refractivity contribution in [2.45, 2.75) is 65.9 Å². The van der Waals surface area contributed by atoms with Gasteiger partial charge in [0.15, 0.2) is 6.61 Å². The van der Waals surface area contributed by atoms with Crippen LogP contribution in [0.1, 0.15) is 59.8 Å². The number of esters is 2. The standard InChI is InChI=1S/C15H26O4/c1-5-13(16)18-10-14(17)19-12-9-15(3,4)8-6-7-11(12)2/h11-12H,5-10H2,1-4H3. The summed E-state index contributed by atoms with van der Waals surface area (Å²) < 4.78 is 10.3. The average molecular weight is 270 g/mol. The molecule has 0 aromatic heterocycles. The minimum Gasteiger partial charge on any atom is -0.460 e. The highest BCUT2D eigenvalue weighted by Gasteiger charge is 2.32. The van der Waals surface area contributed by atoms with Gasteiger partial charge < -0.3 is 9.47 Å². The number of ether oxygens (including phenoxy) is 2. The van der Waals surface area contributed by atoms with Crippen LogP contribution in [0.4, 0.5) is 0 Å². The van der Waals surface area contributed by atoms with E-state index in [-0.39, 0.29) is 30.5 Å². The number of carbonyl (C=O) groups is 2. The number of carbonyl (C=O) groups excluding carboxylic acids is 2. The summed E-state index contributed by atoms with van der Waals surface area (Å²) in [5.74, 6) is -0.435. The van der Waals surface area contributed by atoms with Gasteiger partial charge in [0.1, 0.15) is 6.10 Å². The van der Waals surface area contributed by atoms with Crippen LogP contribution < -0.4 is 0 Å². The van der Waals surface area contributed by atoms with Crippen molar-refractivity contribution in [2.75, 3.05) is 6.61 Å². The highest BCUT2D eigenvalue weighted by molar-refractivity contribution is 5.76. The Labute approximate surface area is 115 Å². The Morgan fingerprint density at radius 1 is 1.26 bits per heavy atom. The predicted octanol–water partition coefficient (Wildman–Crippen LogP) is 3.09. The van der Waals surface area contributed by atoms with Gasteiger partial charge in [0.25, 0.3) is 0 Å². The molecule has 1 aliphatic rings. The molecule has 19 heavy (non-hydrogen) atoms. The van der Waals surface area contributed by atoms with E-state index in [9.17, 15) is 9.59 Å². The van der Waals surface area contributed by atoms with Crippen molar-refractivity contribution in [3.8, 4) is 0 Å². The fraction of sp³-hybridized carbons (Fsp3) is 0.867. The number of rotatable bonds is 4. The van der Waals surface area contributed by atoms with Crippen molar-refractivity contribution < 1.29 is 19.1 Å². The molecule has 0 aromatic rings. The first-order valence-corrected chi connectivity index (χ1v) is 7.19. The molecular weight excluding hydrogens is 244 g/mol. The molecule has 2 unspecified atom stereocenters. The summed E-state index contributed by atoms with van der Waals surface area (Å²) in [5.41, 5.74) is 0.204. The second-order valence-electron chi connectivity index (χ2n) is 6.28. The van der Waals surface area contributed by atoms with Crippen LogP contribution in [-0.2, 0) is 19.1 Å². The van der Waals surface area contributed by atoms with E-state index < -0.39 is 5.97 Å². The molecule has 4 heteroatoms. The maximum Gasteiger partial charge on any atom is 0.344 e. The molecule has 0 aromatic carbocycles. The van der Waals surface area contributed by atoms with Gasteiger partial charge in [-0.2, -0.15) is 0 Å². The first kappa shape index (κ1) is 16.0. The SMILES string of the molecule is CCC(=O)OCC(=O)OC1CC(C)(C)CCCC1C. The van der Waals surface area contributed by atoms with E-state index >= 15 is 0 Å². The molecule has 0 heterocycles. The maximum atomic E-state index is 11.7. The van der Waals surface area contributed by atoms with Gasteiger partial charge >= 0.3 is 11.9 Å². The van der Waals surface area contributed by atoms with Gasteiger partial charge in [0, 0.05) is 6.42 Å². The maximum absolute atomic E-state index is 11.7. The lowest BCUT2D eigenvalue weighted by atomic mass is 9.83. The van der Waals surface area contributed by atoms with Gasteiger partial charge in [-0.25, -0.2) is 4.79 Å². The van der Waals surface area contributed by atoms with Gasteiger partial charge in [-0.3, -0.25) is 4.79 Å². The Morgan fingerprint density at radius 3 is 2.58 bits per heavy atom. The van der Waals surface area contributed by atoms with Crippen LogP contribution >= 0.6 is 0 Å². The normalized spacial score (nSPS) is 26.3. The molecular formula is C15H26O4. The van der Waals surface area contributed by atoms with Crippen molar-refractivity contribution in [1.29, 1.82) is 0 Å². The van der Waals surface area contributed by atoms with Crippen molar-refractivity contribution >= 4 is 11.9 Å². The molecule has 0 saturated heterocycles. The third kappa shape index (κ3) is 5.62. The van der Waals surface area contributed by atoms with E-state index in [1.54, 1.807) is 6.92 Å². The van der Waals surface area contributed by atoms with E-state index in [1.165, 1.54) is 6.42 Å². The van der Waals surface area contributed by atoms with Crippen LogP contribution in [0.5, 0.6) is 0 Å². The highest BCUT2D eigenvalue weighted by atomic mass is 16.6. The summed E-state index contributed by atoms with van der Waals surface area (Å²) in [6.07, 6.45) is 4.51. The summed E-state index contributed by atoms with van der Waals surface area (Å²) in [5, 5.41) is 0. The monoisotopic (exact) mass is 270 g/mol. The van der Waals surface area contributed by atoms with E-state index in [0.29, 0.717) is 5.92 Å². The Bertz CT molecular complexity index is 322. The Kier molecular flexibility index (Phi) is 5.83. The summed E-state index contributed by atoms with van der Waals surface area (Å²) >= 11 is 0. The fourth-order valence-corrected chi connectivity index (χ4v) is 2.54. The minimum atomic E-state index is -0.434. The second kappa shape index (κ2) is 6.92. The molecule has 110 valence electrons. The minimum absolute atomic E-state index is 0.0645. The van der Waals surface area contributed by atoms with Crippen molar-refractivity contribution in [1.82, 2.24) is 0 Å². The quantitative estimate of drug-likeness (QED) is 0.582. The zero-order chi connectivity index (χ0) is 14.5. The summed E-state index contributed by atoms with van der Waals surface area (Å²) in [6, 6.07) is 0. The van der Waals surface area contributed by atoms with Crippen LogP contribution in [0.2, 0.25) is 0 Å². The van der Waals surface area contributed by atoms with Gasteiger partial charge in [-0.15, -0.1) is 0 Å². The molecule has 2 atom stereocenters. The summed E-state index contributed by atoms with van der Waals surface area (Å²) in [6.45, 7) is 7.98. The number of hydrogen-bond acceptors (Lipinski definition) is 4. The van der Waals surface area contributed by atoms with Crippen molar-refractivity contribution in [3.05, 3.63) is 0 Å². The molecule has 1 aliphatic carbocycles. The van der Waals surface area contributed by atoms with E-state index in [2.05, 4.69) is 20.8 Å². The molecule has 0 radical (unpaired) electrons. The average Bonchev–Trinajstić information content (AvgIpc) is 2.45. The van der Waals surface area contributed by atoms with Crippen LogP contribution in [-0.4, -0.2) is 24.6 Å². The molecule has 0 spiro atoms. The summed E-state index contributed by atoms with van der Waals surface area (Å²) in [4.78, 5) is 22.7. The molecule has 1 saturated carbocycles. The third-order valence-corrected chi connectivity index (χ3v) is 3.82. The lowest BCUT2D eigenvalue weighted by molar-refractivity contribution is -0.164. The highest BCUT2D eigenvalue weighted by Crippen LogP contribution is 2.37. The third-order valence-electron chi connectivity index (χ3n) is 3.82. The smallest absolute Gasteiger partial charge is 0.344 e. The molecule has 0 N–H and O–H groups in total. The molecule has 0 aliphatic heterocycles. The van der Waals surface area contributed by atoms with Crippen molar-refractivity contribution in [3.63, 3.8) is 0 Å². The molecule has 1 rings (SSSR count). The molecule has 1 fully saturated rings. The van der Waals surface area contributed by atoms with E-state index in [0.717, 1.165) is 19.3 Å². The zero-order valence-corrected chi connectivity index (χ0v) is 12.5. The van der Waals surface area contributed by atoms with Crippen molar-refractivity contribution in [2.24, 2.45) is 11.3 Å². The first-order valence-electron chi connectivity index (χ1n) is 7.19. The topological polar surface area (TPSA) is 52.6 Å². The zero-order valence-electron chi connectivity index (χ0n) is 12.5. The molecule has 0 amide bonds. The molecule has 0 bridgehead atoms. The fourth-order valence-electron chi connectivity index (χ4n) is 2.54. The predicted molar refractivity (Wildman–Crippen MR) is 72.5 cm³/mol. The Morgan fingerprint density at radius 2 is 1.95 bits per heavy atom. The van der Waals surface area contributed by atoms with Crippen LogP contribution in [0.15, 0.2) is 0 Å². The lowest BCUT2D eigenvalue weighted by Crippen LogP contribution is -2.30. The van der Waals surface area contributed by atoms with Crippen LogP contribution in [0.25, 0.3) is 0 Å². The Hall–Kier alpha value is -1.06. The largest absolute Gasteiger partial charge is 0.460 e. The van der Waals surface area contributed by atoms with E-state index in [4.69, 9.17) is 9.47 Å². The second-order valence-corrected chi connectivity index (χ2v) is 6.28. The van der Waals surface area contributed by atoms with Crippen LogP contribution in [0.3, 0.4) is 0 Å². The molecule has 4 nitrogen and oxygen atoms in total. The first-order chi connectivity index (χ1) is 8.84. The van der Waals surface area contributed by atoms with E-state index in [1.807, 2.05) is 0 Å². The summed E-state index contributed by atoms with van der Waals surface area (Å²) in [7, 11) is 0. The van der Waals surface area contributed by atoms with Crippen LogP contribution in [0, 0.1) is 11.3 Å².